The van der Waals surface area contributed by atoms with Gasteiger partial charge in [-0.2, -0.15) is 13.2 Å². The monoisotopic (exact) mass is 528 g/mol. The smallest absolute Gasteiger partial charge is 0.387 e. The van der Waals surface area contributed by atoms with Crippen LogP contribution in [0.15, 0.2) is 41.4 Å². The summed E-state index contributed by atoms with van der Waals surface area (Å²) in [7, 11) is 3.29. The van der Waals surface area contributed by atoms with Gasteiger partial charge in [0.25, 0.3) is 5.91 Å². The predicted octanol–water partition coefficient (Wildman–Crippen LogP) is 5.49. The minimum Gasteiger partial charge on any atom is -0.387 e. The molecule has 1 heterocycles. The Morgan fingerprint density at radius 3 is 2.53 bits per heavy atom. The Morgan fingerprint density at radius 2 is 1.95 bits per heavy atom. The van der Waals surface area contributed by atoms with E-state index in [0.29, 0.717) is 29.9 Å². The fourth-order valence-electron chi connectivity index (χ4n) is 6.26. The quantitative estimate of drug-likeness (QED) is 0.368. The number of rotatable bonds is 7. The molecule has 9 heteroatoms. The highest BCUT2D eigenvalue weighted by Crippen LogP contribution is 2.47. The van der Waals surface area contributed by atoms with Crippen molar-refractivity contribution in [2.45, 2.75) is 81.8 Å². The average Bonchev–Trinajstić information content (AvgIpc) is 3.17. The summed E-state index contributed by atoms with van der Waals surface area (Å²) < 4.78 is 48.2. The molecular formula is C29H35F3N4O2. The van der Waals surface area contributed by atoms with Gasteiger partial charge in [0.05, 0.1) is 23.6 Å². The first kappa shape index (κ1) is 26.7. The van der Waals surface area contributed by atoms with Crippen LogP contribution in [-0.2, 0) is 22.9 Å². The second-order valence-electron chi connectivity index (χ2n) is 11.3. The highest BCUT2D eigenvalue weighted by atomic mass is 19.4. The van der Waals surface area contributed by atoms with Gasteiger partial charge in [0.1, 0.15) is 5.84 Å². The molecule has 6 nitrogen and oxygen atoms in total. The lowest BCUT2D eigenvalue weighted by Crippen LogP contribution is -2.54. The molecule has 2 aromatic rings. The van der Waals surface area contributed by atoms with Gasteiger partial charge in [0, 0.05) is 37.0 Å². The van der Waals surface area contributed by atoms with E-state index in [2.05, 4.69) is 17.2 Å². The van der Waals surface area contributed by atoms with E-state index in [1.54, 1.807) is 26.3 Å². The lowest BCUT2D eigenvalue weighted by Gasteiger charge is -2.47. The summed E-state index contributed by atoms with van der Waals surface area (Å²) in [6, 6.07) is 9.86. The molecule has 1 amide bonds. The molecule has 2 fully saturated rings. The Bertz CT molecular complexity index is 1280. The van der Waals surface area contributed by atoms with Crippen LogP contribution in [0.5, 0.6) is 0 Å². The topological polar surface area (TPSA) is 80.0 Å². The van der Waals surface area contributed by atoms with Gasteiger partial charge in [0.15, 0.2) is 0 Å². The zero-order valence-corrected chi connectivity index (χ0v) is 22.3. The molecule has 1 aliphatic heterocycles. The molecule has 2 aromatic carbocycles. The van der Waals surface area contributed by atoms with Crippen molar-refractivity contribution < 1.29 is 22.7 Å². The van der Waals surface area contributed by atoms with Crippen LogP contribution in [-0.4, -0.2) is 37.5 Å². The van der Waals surface area contributed by atoms with Crippen molar-refractivity contribution in [3.63, 3.8) is 0 Å². The van der Waals surface area contributed by atoms with Crippen molar-refractivity contribution in [3.05, 3.63) is 64.2 Å². The third-order valence-electron chi connectivity index (χ3n) is 8.82. The molecule has 0 spiro atoms. The van der Waals surface area contributed by atoms with Crippen molar-refractivity contribution in [1.29, 1.82) is 0 Å². The first-order chi connectivity index (χ1) is 17.9. The third kappa shape index (κ3) is 4.39. The van der Waals surface area contributed by atoms with Gasteiger partial charge >= 0.3 is 6.18 Å². The third-order valence-corrected chi connectivity index (χ3v) is 8.82. The molecular weight excluding hydrogens is 493 g/mol. The van der Waals surface area contributed by atoms with E-state index in [1.165, 1.54) is 11.0 Å². The van der Waals surface area contributed by atoms with Crippen LogP contribution in [0.25, 0.3) is 0 Å². The maximum atomic E-state index is 14.2. The van der Waals surface area contributed by atoms with E-state index in [-0.39, 0.29) is 35.4 Å². The molecule has 0 saturated heterocycles. The summed E-state index contributed by atoms with van der Waals surface area (Å²) >= 11 is 0. The molecule has 204 valence electrons. The van der Waals surface area contributed by atoms with Crippen LogP contribution in [0.2, 0.25) is 0 Å². The normalized spacial score (nSPS) is 25.6. The average molecular weight is 529 g/mol. The summed E-state index contributed by atoms with van der Waals surface area (Å²) in [6.45, 7) is 3.80. The molecule has 0 unspecified atom stereocenters. The number of nitrogens with one attached hydrogen (secondary N) is 1. The number of amides is 1. The number of alkyl halides is 3. The molecule has 0 radical (unpaired) electrons. The Labute approximate surface area is 221 Å². The zero-order chi connectivity index (χ0) is 27.5. The standard InChI is InChI=1S/C29H35F3N4O2/c1-17(35-27(2)9-6-10-27)18-11-22-23(24(12-18)29(30,31)32)16-36(25(22)37)20-8-5-7-19(13-20)28(26(33)34-3)14-21(15-28)38-4/h5,7-8,11-13,17,21,35H,6,9-10,14-16H2,1-4H3,(H2,33,34)/t17-,21?,28?/m1/s1. The second kappa shape index (κ2) is 9.38. The zero-order valence-electron chi connectivity index (χ0n) is 22.3. The largest absolute Gasteiger partial charge is 0.416 e. The maximum Gasteiger partial charge on any atom is 0.416 e. The van der Waals surface area contributed by atoms with Crippen molar-refractivity contribution in [1.82, 2.24) is 5.32 Å². The van der Waals surface area contributed by atoms with Crippen molar-refractivity contribution in [3.8, 4) is 0 Å². The molecule has 5 rings (SSSR count). The molecule has 1 atom stereocenters. The van der Waals surface area contributed by atoms with Gasteiger partial charge < -0.3 is 20.7 Å². The molecule has 0 bridgehead atoms. The van der Waals surface area contributed by atoms with Gasteiger partial charge in [0.2, 0.25) is 0 Å². The highest BCUT2D eigenvalue weighted by Gasteiger charge is 2.49. The molecule has 2 saturated carbocycles. The number of anilines is 1. The number of methoxy groups -OCH3 is 1. The number of aliphatic imine (C=N–C) groups is 1. The Balaban J connectivity index is 1.50. The second-order valence-corrected chi connectivity index (χ2v) is 11.3. The van der Waals surface area contributed by atoms with E-state index < -0.39 is 23.1 Å². The lowest BCUT2D eigenvalue weighted by atomic mass is 9.61. The van der Waals surface area contributed by atoms with Crippen LogP contribution < -0.4 is 16.0 Å². The summed E-state index contributed by atoms with van der Waals surface area (Å²) in [5, 5.41) is 3.47. The number of amidine groups is 1. The number of hydrogen-bond acceptors (Lipinski definition) is 4. The van der Waals surface area contributed by atoms with Crippen molar-refractivity contribution in [2.24, 2.45) is 10.7 Å². The Hall–Kier alpha value is -2.91. The summed E-state index contributed by atoms with van der Waals surface area (Å²) in [5.41, 5.74) is 6.97. The van der Waals surface area contributed by atoms with Crippen LogP contribution in [0, 0.1) is 0 Å². The first-order valence-electron chi connectivity index (χ1n) is 13.1. The summed E-state index contributed by atoms with van der Waals surface area (Å²) in [5.74, 6) is 0.0470. The van der Waals surface area contributed by atoms with Crippen LogP contribution >= 0.6 is 0 Å². The Kier molecular flexibility index (Phi) is 6.59. The minimum atomic E-state index is -4.57. The number of carbonyl (C=O) groups is 1. The number of carbonyl (C=O) groups excluding carboxylic acids is 1. The van der Waals surface area contributed by atoms with Crippen molar-refractivity contribution in [2.75, 3.05) is 19.1 Å². The first-order valence-corrected chi connectivity index (χ1v) is 13.1. The predicted molar refractivity (Wildman–Crippen MR) is 141 cm³/mol. The van der Waals surface area contributed by atoms with Gasteiger partial charge in [-0.05, 0) is 86.9 Å². The summed E-state index contributed by atoms with van der Waals surface area (Å²) in [6.07, 6.45) is -0.165. The molecule has 0 aromatic heterocycles. The molecule has 2 aliphatic carbocycles. The highest BCUT2D eigenvalue weighted by molar-refractivity contribution is 6.10. The number of fused-ring (bicyclic) bond motifs is 1. The van der Waals surface area contributed by atoms with Gasteiger partial charge in [-0.25, -0.2) is 0 Å². The van der Waals surface area contributed by atoms with E-state index >= 15 is 0 Å². The minimum absolute atomic E-state index is 0.0196. The maximum absolute atomic E-state index is 14.2. The van der Waals surface area contributed by atoms with E-state index in [1.807, 2.05) is 25.1 Å². The number of nitrogens with zero attached hydrogens (tertiary/aromatic N) is 2. The fourth-order valence-corrected chi connectivity index (χ4v) is 6.26. The SMILES string of the molecule is CN=C(N)C1(c2cccc(N3Cc4c(cc([C@@H](C)NC5(C)CCC5)cc4C(F)(F)F)C3=O)c2)CC(OC)C1. The van der Waals surface area contributed by atoms with Gasteiger partial charge in [-0.15, -0.1) is 0 Å². The van der Waals surface area contributed by atoms with Gasteiger partial charge in [-0.1, -0.05) is 12.1 Å². The summed E-state index contributed by atoms with van der Waals surface area (Å²) in [4.78, 5) is 19.3. The fraction of sp³-hybridized carbons (Fsp3) is 0.517. The molecule has 3 N–H and O–H groups in total. The van der Waals surface area contributed by atoms with E-state index in [0.717, 1.165) is 24.8 Å². The number of nitrogens with two attached hydrogens (primary N) is 1. The lowest BCUT2D eigenvalue weighted by molar-refractivity contribution is -0.138. The number of hydrogen-bond donors (Lipinski definition) is 2. The van der Waals surface area contributed by atoms with Gasteiger partial charge in [-0.3, -0.25) is 9.79 Å². The van der Waals surface area contributed by atoms with Crippen LogP contribution in [0.3, 0.4) is 0 Å². The van der Waals surface area contributed by atoms with Crippen molar-refractivity contribution >= 4 is 17.4 Å². The number of benzene rings is 2. The van der Waals surface area contributed by atoms with E-state index in [9.17, 15) is 18.0 Å². The number of ether oxygens (including phenoxy) is 1. The Morgan fingerprint density at radius 1 is 1.24 bits per heavy atom. The van der Waals surface area contributed by atoms with Crippen LogP contribution in [0.4, 0.5) is 18.9 Å². The number of halogens is 3. The van der Waals surface area contributed by atoms with Crippen LogP contribution in [0.1, 0.15) is 84.6 Å². The van der Waals surface area contributed by atoms with E-state index in [4.69, 9.17) is 10.5 Å². The molecule has 38 heavy (non-hydrogen) atoms. The molecule has 3 aliphatic rings.